The van der Waals surface area contributed by atoms with Crippen LogP contribution in [0.4, 0.5) is 10.7 Å². The highest BCUT2D eigenvalue weighted by Gasteiger charge is 2.12. The van der Waals surface area contributed by atoms with Crippen molar-refractivity contribution in [3.63, 3.8) is 0 Å². The van der Waals surface area contributed by atoms with E-state index in [4.69, 9.17) is 5.73 Å². The fraction of sp³-hybridized carbons (Fsp3) is 0.214. The number of ketones is 1. The molecule has 1 aromatic carbocycles. The van der Waals surface area contributed by atoms with Crippen molar-refractivity contribution in [2.75, 3.05) is 11.1 Å². The fourth-order valence-corrected chi connectivity index (χ4v) is 2.75. The van der Waals surface area contributed by atoms with Gasteiger partial charge in [-0.05, 0) is 18.6 Å². The molecule has 0 fully saturated rings. The highest BCUT2D eigenvalue weighted by molar-refractivity contribution is 7.18. The molecule has 0 bridgehead atoms. The number of nitrogen functional groups attached to an aromatic ring is 1. The number of anilines is 2. The minimum Gasteiger partial charge on any atom is -0.397 e. The van der Waals surface area contributed by atoms with E-state index in [0.29, 0.717) is 10.6 Å². The summed E-state index contributed by atoms with van der Waals surface area (Å²) < 4.78 is 0. The third kappa shape index (κ3) is 2.71. The highest BCUT2D eigenvalue weighted by Crippen LogP contribution is 2.31. The maximum atomic E-state index is 11.3. The van der Waals surface area contributed by atoms with Gasteiger partial charge in [0.1, 0.15) is 0 Å². The molecule has 1 heterocycles. The van der Waals surface area contributed by atoms with E-state index in [1.54, 1.807) is 0 Å². The molecule has 0 saturated carbocycles. The molecule has 1 aromatic heterocycles. The van der Waals surface area contributed by atoms with Gasteiger partial charge in [0.25, 0.3) is 0 Å². The molecule has 2 aromatic rings. The molecule has 0 aliphatic rings. The largest absolute Gasteiger partial charge is 0.397 e. The highest BCUT2D eigenvalue weighted by atomic mass is 32.1. The van der Waals surface area contributed by atoms with Crippen LogP contribution in [0.3, 0.4) is 0 Å². The molecule has 0 spiro atoms. The summed E-state index contributed by atoms with van der Waals surface area (Å²) in [5.41, 5.74) is 7.56. The van der Waals surface area contributed by atoms with E-state index >= 15 is 0 Å². The van der Waals surface area contributed by atoms with Gasteiger partial charge in [-0.25, -0.2) is 0 Å². The van der Waals surface area contributed by atoms with E-state index in [9.17, 15) is 4.79 Å². The minimum atomic E-state index is 0.0120. The summed E-state index contributed by atoms with van der Waals surface area (Å²) >= 11 is 1.40. The number of hydrogen-bond acceptors (Lipinski definition) is 4. The van der Waals surface area contributed by atoms with Crippen LogP contribution in [-0.2, 0) is 0 Å². The lowest BCUT2D eigenvalue weighted by Gasteiger charge is -2.13. The molecule has 2 rings (SSSR count). The molecule has 0 amide bonds. The lowest BCUT2D eigenvalue weighted by Crippen LogP contribution is -2.04. The van der Waals surface area contributed by atoms with Crippen LogP contribution >= 0.6 is 11.3 Å². The van der Waals surface area contributed by atoms with Crippen LogP contribution in [0.1, 0.15) is 35.1 Å². The monoisotopic (exact) mass is 260 g/mol. The van der Waals surface area contributed by atoms with Gasteiger partial charge in [0.2, 0.25) is 0 Å². The normalized spacial score (nSPS) is 12.1. The van der Waals surface area contributed by atoms with E-state index in [0.717, 1.165) is 5.00 Å². The first-order valence-electron chi connectivity index (χ1n) is 5.79. The van der Waals surface area contributed by atoms with Crippen LogP contribution in [-0.4, -0.2) is 5.78 Å². The zero-order valence-corrected chi connectivity index (χ0v) is 11.3. The second-order valence-electron chi connectivity index (χ2n) is 4.23. The van der Waals surface area contributed by atoms with Crippen molar-refractivity contribution in [3.8, 4) is 0 Å². The Morgan fingerprint density at radius 3 is 2.56 bits per heavy atom. The predicted octanol–water partition coefficient (Wildman–Crippen LogP) is 3.71. The molecule has 3 nitrogen and oxygen atoms in total. The molecule has 1 unspecified atom stereocenters. The van der Waals surface area contributed by atoms with Crippen molar-refractivity contribution in [1.82, 2.24) is 0 Å². The Hall–Kier alpha value is -1.81. The Bertz CT molecular complexity index is 548. The number of carbonyl (C=O) groups excluding carboxylic acids is 1. The SMILES string of the molecule is CC(=O)c1sc(NC(C)c2ccccc2)cc1N. The quantitative estimate of drug-likeness (QED) is 0.824. The molecular formula is C14H16N2OS. The number of nitrogens with two attached hydrogens (primary N) is 1. The predicted molar refractivity (Wildman–Crippen MR) is 77.2 cm³/mol. The first-order chi connectivity index (χ1) is 8.58. The molecule has 3 N–H and O–H groups in total. The van der Waals surface area contributed by atoms with Crippen LogP contribution in [0.25, 0.3) is 0 Å². The fourth-order valence-electron chi connectivity index (χ4n) is 1.79. The van der Waals surface area contributed by atoms with Crippen LogP contribution in [0, 0.1) is 0 Å². The average molecular weight is 260 g/mol. The molecule has 0 saturated heterocycles. The molecule has 0 aliphatic carbocycles. The zero-order chi connectivity index (χ0) is 13.1. The second-order valence-corrected chi connectivity index (χ2v) is 5.28. The number of benzene rings is 1. The van der Waals surface area contributed by atoms with Crippen molar-refractivity contribution < 1.29 is 4.79 Å². The molecule has 0 aliphatic heterocycles. The van der Waals surface area contributed by atoms with Gasteiger partial charge in [0, 0.05) is 13.0 Å². The third-order valence-electron chi connectivity index (χ3n) is 2.74. The topological polar surface area (TPSA) is 55.1 Å². The Morgan fingerprint density at radius 2 is 2.00 bits per heavy atom. The van der Waals surface area contributed by atoms with Gasteiger partial charge in [-0.1, -0.05) is 30.3 Å². The van der Waals surface area contributed by atoms with Crippen LogP contribution < -0.4 is 11.1 Å². The Balaban J connectivity index is 2.15. The molecule has 4 heteroatoms. The number of Topliss-reactive ketones (excluding diaryl/α,β-unsaturated/α-hetero) is 1. The van der Waals surface area contributed by atoms with Crippen molar-refractivity contribution >= 4 is 27.8 Å². The van der Waals surface area contributed by atoms with Crippen LogP contribution in [0.15, 0.2) is 36.4 Å². The third-order valence-corrected chi connectivity index (χ3v) is 3.92. The van der Waals surface area contributed by atoms with Gasteiger partial charge in [-0.2, -0.15) is 0 Å². The molecular weight excluding hydrogens is 244 g/mol. The molecule has 94 valence electrons. The average Bonchev–Trinajstić information content (AvgIpc) is 2.71. The summed E-state index contributed by atoms with van der Waals surface area (Å²) in [7, 11) is 0. The van der Waals surface area contributed by atoms with E-state index in [1.165, 1.54) is 23.8 Å². The summed E-state index contributed by atoms with van der Waals surface area (Å²) in [6.45, 7) is 3.62. The van der Waals surface area contributed by atoms with E-state index in [2.05, 4.69) is 24.4 Å². The number of nitrogens with one attached hydrogen (secondary N) is 1. The minimum absolute atomic E-state index is 0.0120. The van der Waals surface area contributed by atoms with Gasteiger partial charge in [-0.15, -0.1) is 11.3 Å². The van der Waals surface area contributed by atoms with Gasteiger partial charge in [0.05, 0.1) is 15.6 Å². The van der Waals surface area contributed by atoms with Crippen molar-refractivity contribution in [2.24, 2.45) is 0 Å². The maximum absolute atomic E-state index is 11.3. The Kier molecular flexibility index (Phi) is 3.67. The number of rotatable bonds is 4. The smallest absolute Gasteiger partial charge is 0.171 e. The molecule has 18 heavy (non-hydrogen) atoms. The Morgan fingerprint density at radius 1 is 1.33 bits per heavy atom. The van der Waals surface area contributed by atoms with Crippen LogP contribution in [0.5, 0.6) is 0 Å². The summed E-state index contributed by atoms with van der Waals surface area (Å²) in [6, 6.07) is 12.2. The lowest BCUT2D eigenvalue weighted by atomic mass is 10.1. The molecule has 1 atom stereocenters. The summed E-state index contributed by atoms with van der Waals surface area (Å²) in [6.07, 6.45) is 0. The lowest BCUT2D eigenvalue weighted by molar-refractivity contribution is 0.102. The van der Waals surface area contributed by atoms with Crippen LogP contribution in [0.2, 0.25) is 0 Å². The molecule has 0 radical (unpaired) electrons. The Labute approximate surface area is 111 Å². The van der Waals surface area contributed by atoms with Crippen molar-refractivity contribution in [3.05, 3.63) is 46.8 Å². The van der Waals surface area contributed by atoms with Gasteiger partial charge in [-0.3, -0.25) is 4.79 Å². The zero-order valence-electron chi connectivity index (χ0n) is 10.4. The van der Waals surface area contributed by atoms with E-state index in [1.807, 2.05) is 24.3 Å². The van der Waals surface area contributed by atoms with E-state index in [-0.39, 0.29) is 11.8 Å². The summed E-state index contributed by atoms with van der Waals surface area (Å²) in [5.74, 6) is 0.0120. The van der Waals surface area contributed by atoms with Gasteiger partial charge in [0.15, 0.2) is 5.78 Å². The van der Waals surface area contributed by atoms with Crippen molar-refractivity contribution in [2.45, 2.75) is 19.9 Å². The standard InChI is InChI=1S/C14H16N2OS/c1-9(11-6-4-3-5-7-11)16-13-8-12(15)14(18-13)10(2)17/h3-9,16H,15H2,1-2H3. The van der Waals surface area contributed by atoms with E-state index < -0.39 is 0 Å². The first kappa shape index (κ1) is 12.6. The van der Waals surface area contributed by atoms with Gasteiger partial charge >= 0.3 is 0 Å². The van der Waals surface area contributed by atoms with Crippen molar-refractivity contribution in [1.29, 1.82) is 0 Å². The number of thiophene rings is 1. The summed E-state index contributed by atoms with van der Waals surface area (Å²) in [4.78, 5) is 12.0. The first-order valence-corrected chi connectivity index (χ1v) is 6.61. The summed E-state index contributed by atoms with van der Waals surface area (Å²) in [5, 5.41) is 4.29. The van der Waals surface area contributed by atoms with Gasteiger partial charge < -0.3 is 11.1 Å². The second kappa shape index (κ2) is 5.23. The number of carbonyl (C=O) groups is 1. The maximum Gasteiger partial charge on any atom is 0.171 e. The number of hydrogen-bond donors (Lipinski definition) is 2.